The Morgan fingerprint density at radius 3 is 2.66 bits per heavy atom. The Hall–Kier alpha value is -4.18. The molecule has 0 aliphatic carbocycles. The predicted molar refractivity (Wildman–Crippen MR) is 108 cm³/mol. The Bertz CT molecular complexity index is 1090. The number of benzene rings is 2. The molecule has 3 aromatic rings. The zero-order valence-electron chi connectivity index (χ0n) is 15.4. The van der Waals surface area contributed by atoms with Gasteiger partial charge in [-0.05, 0) is 24.1 Å². The Labute approximate surface area is 167 Å². The lowest BCUT2D eigenvalue weighted by molar-refractivity contribution is -0.384. The number of carbonyl (C=O) groups excluding carboxylic acids is 1. The van der Waals surface area contributed by atoms with E-state index in [4.69, 9.17) is 4.42 Å². The summed E-state index contributed by atoms with van der Waals surface area (Å²) in [6, 6.07) is 20.8. The molecule has 144 valence electrons. The van der Waals surface area contributed by atoms with E-state index in [1.807, 2.05) is 36.4 Å². The smallest absolute Gasteiger partial charge is 0.270 e. The van der Waals surface area contributed by atoms with Crippen LogP contribution in [0, 0.1) is 21.4 Å². The number of nitro groups is 1. The van der Waals surface area contributed by atoms with Crippen LogP contribution in [0.5, 0.6) is 0 Å². The minimum absolute atomic E-state index is 0.0495. The van der Waals surface area contributed by atoms with Gasteiger partial charge in [0.2, 0.25) is 0 Å². The Morgan fingerprint density at radius 2 is 1.93 bits per heavy atom. The van der Waals surface area contributed by atoms with Crippen LogP contribution in [0.2, 0.25) is 0 Å². The number of carbonyl (C=O) groups is 1. The van der Waals surface area contributed by atoms with E-state index < -0.39 is 10.8 Å². The summed E-state index contributed by atoms with van der Waals surface area (Å²) in [5, 5.41) is 22.9. The van der Waals surface area contributed by atoms with E-state index in [-0.39, 0.29) is 11.3 Å². The Morgan fingerprint density at radius 1 is 1.14 bits per heavy atom. The highest BCUT2D eigenvalue weighted by atomic mass is 16.6. The standard InChI is InChI=1S/C22H17N3O4/c23-15-18(22(26)24-12-11-16-5-2-1-3-6-16)14-20-9-10-21(29-20)17-7-4-8-19(13-17)25(27)28/h1-10,13-14H,11-12H2,(H,24,26). The van der Waals surface area contributed by atoms with Gasteiger partial charge < -0.3 is 9.73 Å². The van der Waals surface area contributed by atoms with Crippen LogP contribution in [-0.2, 0) is 11.2 Å². The Balaban J connectivity index is 1.68. The third kappa shape index (κ3) is 5.17. The zero-order chi connectivity index (χ0) is 20.6. The summed E-state index contributed by atoms with van der Waals surface area (Å²) in [4.78, 5) is 22.7. The number of non-ortho nitro benzene ring substituents is 1. The van der Waals surface area contributed by atoms with E-state index in [9.17, 15) is 20.2 Å². The number of nitrogens with one attached hydrogen (secondary N) is 1. The highest BCUT2D eigenvalue weighted by Crippen LogP contribution is 2.26. The summed E-state index contributed by atoms with van der Waals surface area (Å²) in [6.45, 7) is 0.402. The van der Waals surface area contributed by atoms with Gasteiger partial charge >= 0.3 is 0 Å². The van der Waals surface area contributed by atoms with Crippen LogP contribution in [-0.4, -0.2) is 17.4 Å². The van der Waals surface area contributed by atoms with Crippen LogP contribution in [0.15, 0.2) is 76.7 Å². The van der Waals surface area contributed by atoms with Crippen molar-refractivity contribution in [1.29, 1.82) is 5.26 Å². The second kappa shape index (κ2) is 9.15. The highest BCUT2D eigenvalue weighted by molar-refractivity contribution is 6.01. The third-order valence-corrected chi connectivity index (χ3v) is 4.16. The number of amides is 1. The van der Waals surface area contributed by atoms with Gasteiger partial charge in [-0.15, -0.1) is 0 Å². The molecule has 3 rings (SSSR count). The van der Waals surface area contributed by atoms with Crippen LogP contribution in [0.25, 0.3) is 17.4 Å². The quantitative estimate of drug-likeness (QED) is 0.284. The fourth-order valence-corrected chi connectivity index (χ4v) is 2.71. The summed E-state index contributed by atoms with van der Waals surface area (Å²) in [5.74, 6) is 0.222. The summed E-state index contributed by atoms with van der Waals surface area (Å²) in [5.41, 5.74) is 1.48. The first-order valence-electron chi connectivity index (χ1n) is 8.85. The van der Waals surface area contributed by atoms with E-state index in [0.717, 1.165) is 5.56 Å². The molecule has 29 heavy (non-hydrogen) atoms. The lowest BCUT2D eigenvalue weighted by Crippen LogP contribution is -2.26. The normalized spacial score (nSPS) is 10.9. The van der Waals surface area contributed by atoms with E-state index >= 15 is 0 Å². The molecular formula is C22H17N3O4. The van der Waals surface area contributed by atoms with Gasteiger partial charge in [0, 0.05) is 30.3 Å². The van der Waals surface area contributed by atoms with Gasteiger partial charge in [0.1, 0.15) is 23.2 Å². The molecule has 1 heterocycles. The average Bonchev–Trinajstić information content (AvgIpc) is 3.21. The lowest BCUT2D eigenvalue weighted by atomic mass is 10.1. The molecule has 1 amide bonds. The highest BCUT2D eigenvalue weighted by Gasteiger charge is 2.12. The van der Waals surface area contributed by atoms with Crippen LogP contribution in [0.1, 0.15) is 11.3 Å². The molecular weight excluding hydrogens is 370 g/mol. The molecule has 0 aliphatic heterocycles. The third-order valence-electron chi connectivity index (χ3n) is 4.16. The second-order valence-electron chi connectivity index (χ2n) is 6.17. The molecule has 7 nitrogen and oxygen atoms in total. The second-order valence-corrected chi connectivity index (χ2v) is 6.17. The summed E-state index contributed by atoms with van der Waals surface area (Å²) in [7, 11) is 0. The number of nitro benzene ring substituents is 1. The van der Waals surface area contributed by atoms with Crippen molar-refractivity contribution in [2.45, 2.75) is 6.42 Å². The fourth-order valence-electron chi connectivity index (χ4n) is 2.71. The minimum atomic E-state index is -0.489. The number of rotatable bonds is 7. The maximum atomic E-state index is 12.2. The first-order chi connectivity index (χ1) is 14.1. The van der Waals surface area contributed by atoms with Crippen LogP contribution >= 0.6 is 0 Å². The molecule has 0 spiro atoms. The number of furan rings is 1. The molecule has 1 aromatic heterocycles. The van der Waals surface area contributed by atoms with E-state index in [2.05, 4.69) is 5.32 Å². The summed E-state index contributed by atoms with van der Waals surface area (Å²) >= 11 is 0. The van der Waals surface area contributed by atoms with Crippen LogP contribution in [0.4, 0.5) is 5.69 Å². The van der Waals surface area contributed by atoms with Gasteiger partial charge in [-0.1, -0.05) is 42.5 Å². The van der Waals surface area contributed by atoms with Gasteiger partial charge in [-0.3, -0.25) is 14.9 Å². The minimum Gasteiger partial charge on any atom is -0.457 e. The maximum absolute atomic E-state index is 12.2. The van der Waals surface area contributed by atoms with Crippen molar-refractivity contribution in [3.8, 4) is 17.4 Å². The van der Waals surface area contributed by atoms with Crippen molar-refractivity contribution in [2.75, 3.05) is 6.54 Å². The number of nitrogens with zero attached hydrogens (tertiary/aromatic N) is 2. The molecule has 0 saturated carbocycles. The number of hydrogen-bond donors (Lipinski definition) is 1. The van der Waals surface area contributed by atoms with Crippen molar-refractivity contribution >= 4 is 17.7 Å². The fraction of sp³-hybridized carbons (Fsp3) is 0.0909. The molecule has 7 heteroatoms. The number of hydrogen-bond acceptors (Lipinski definition) is 5. The SMILES string of the molecule is N#CC(=Cc1ccc(-c2cccc([N+](=O)[O-])c2)o1)C(=O)NCCc1ccccc1. The van der Waals surface area contributed by atoms with Crippen molar-refractivity contribution in [1.82, 2.24) is 5.32 Å². The van der Waals surface area contributed by atoms with Crippen LogP contribution < -0.4 is 5.32 Å². The molecule has 0 fully saturated rings. The lowest BCUT2D eigenvalue weighted by Gasteiger charge is -2.04. The first kappa shape index (κ1) is 19.6. The van der Waals surface area contributed by atoms with E-state index in [1.165, 1.54) is 18.2 Å². The largest absolute Gasteiger partial charge is 0.457 e. The zero-order valence-corrected chi connectivity index (χ0v) is 15.4. The van der Waals surface area contributed by atoms with E-state index in [1.54, 1.807) is 24.3 Å². The van der Waals surface area contributed by atoms with Crippen molar-refractivity contribution in [3.05, 3.63) is 93.7 Å². The van der Waals surface area contributed by atoms with Crippen molar-refractivity contribution < 1.29 is 14.1 Å². The summed E-state index contributed by atoms with van der Waals surface area (Å²) < 4.78 is 5.63. The van der Waals surface area contributed by atoms with Gasteiger partial charge in [0.05, 0.1) is 4.92 Å². The van der Waals surface area contributed by atoms with Crippen molar-refractivity contribution in [3.63, 3.8) is 0 Å². The molecule has 1 N–H and O–H groups in total. The molecule has 0 bridgehead atoms. The molecule has 2 aromatic carbocycles. The molecule has 0 atom stereocenters. The van der Waals surface area contributed by atoms with Crippen LogP contribution in [0.3, 0.4) is 0 Å². The molecule has 0 radical (unpaired) electrons. The van der Waals surface area contributed by atoms with Crippen molar-refractivity contribution in [2.24, 2.45) is 0 Å². The van der Waals surface area contributed by atoms with Gasteiger partial charge in [0.15, 0.2) is 0 Å². The van der Waals surface area contributed by atoms with E-state index in [0.29, 0.717) is 30.0 Å². The molecule has 0 aliphatic rings. The molecule has 0 unspecified atom stereocenters. The summed E-state index contributed by atoms with van der Waals surface area (Å²) in [6.07, 6.45) is 2.00. The van der Waals surface area contributed by atoms with Gasteiger partial charge in [0.25, 0.3) is 11.6 Å². The number of nitriles is 1. The van der Waals surface area contributed by atoms with Gasteiger partial charge in [-0.25, -0.2) is 0 Å². The van der Waals surface area contributed by atoms with Gasteiger partial charge in [-0.2, -0.15) is 5.26 Å². The molecule has 0 saturated heterocycles. The first-order valence-corrected chi connectivity index (χ1v) is 8.85. The maximum Gasteiger partial charge on any atom is 0.270 e. The predicted octanol–water partition coefficient (Wildman–Crippen LogP) is 4.12. The monoisotopic (exact) mass is 387 g/mol. The topological polar surface area (TPSA) is 109 Å². The Kier molecular flexibility index (Phi) is 6.18. The average molecular weight is 387 g/mol.